The maximum absolute atomic E-state index is 13.4. The van der Waals surface area contributed by atoms with Crippen LogP contribution in [0.3, 0.4) is 0 Å². The van der Waals surface area contributed by atoms with Crippen LogP contribution in [0, 0.1) is 47.3 Å². The summed E-state index contributed by atoms with van der Waals surface area (Å²) in [5.74, 6) is -1.84. The van der Waals surface area contributed by atoms with Gasteiger partial charge in [0.05, 0.1) is 23.7 Å². The standard InChI is InChI=1S/C26H38N4O4/c1-5-27(6-2)11-13-29-23(31)19-15-9-10-16(20(19)24(29)32)18-17(15)21-22(18)26(34)30(25(21)33)14-12-28(7-3)8-4/h9-10,15-22H,5-8,11-14H2,1-4H3/t15-,16-,17-,18-,19-,20+,21-,22-/m1/s1. The van der Waals surface area contributed by atoms with E-state index < -0.39 is 0 Å². The Bertz CT molecular complexity index is 854. The maximum Gasteiger partial charge on any atom is 0.233 e. The van der Waals surface area contributed by atoms with Crippen molar-refractivity contribution in [2.45, 2.75) is 27.7 Å². The molecule has 34 heavy (non-hydrogen) atoms. The number of carbonyl (C=O) groups excluding carboxylic acids is 4. The normalized spacial score (nSPS) is 37.7. The first kappa shape index (κ1) is 23.7. The van der Waals surface area contributed by atoms with Gasteiger partial charge in [-0.3, -0.25) is 29.0 Å². The van der Waals surface area contributed by atoms with E-state index in [4.69, 9.17) is 0 Å². The molecule has 6 rings (SSSR count). The number of carbonyl (C=O) groups is 4. The molecule has 2 saturated carbocycles. The zero-order valence-corrected chi connectivity index (χ0v) is 20.9. The van der Waals surface area contributed by atoms with Gasteiger partial charge in [0.2, 0.25) is 23.6 Å². The van der Waals surface area contributed by atoms with Crippen LogP contribution in [0.5, 0.6) is 0 Å². The Morgan fingerprint density at radius 1 is 0.588 bits per heavy atom. The Morgan fingerprint density at radius 3 is 1.24 bits per heavy atom. The molecular weight excluding hydrogens is 432 g/mol. The second-order valence-corrected chi connectivity index (χ2v) is 10.5. The van der Waals surface area contributed by atoms with Crippen LogP contribution in [0.1, 0.15) is 27.7 Å². The molecule has 8 nitrogen and oxygen atoms in total. The van der Waals surface area contributed by atoms with Crippen LogP contribution in [-0.4, -0.2) is 95.6 Å². The number of likely N-dealkylation sites (tertiary alicyclic amines) is 2. The molecule has 0 N–H and O–H groups in total. The molecule has 0 aromatic carbocycles. The van der Waals surface area contributed by atoms with Crippen molar-refractivity contribution in [2.75, 3.05) is 52.4 Å². The minimum Gasteiger partial charge on any atom is -0.302 e. The zero-order chi connectivity index (χ0) is 24.3. The lowest BCUT2D eigenvalue weighted by atomic mass is 9.40. The minimum atomic E-state index is -0.367. The molecule has 2 heterocycles. The third kappa shape index (κ3) is 3.17. The van der Waals surface area contributed by atoms with E-state index >= 15 is 0 Å². The number of amides is 4. The Morgan fingerprint density at radius 2 is 0.912 bits per heavy atom. The molecule has 0 unspecified atom stereocenters. The summed E-state index contributed by atoms with van der Waals surface area (Å²) < 4.78 is 0. The van der Waals surface area contributed by atoms with Crippen LogP contribution in [0.2, 0.25) is 0 Å². The third-order valence-corrected chi connectivity index (χ3v) is 9.59. The molecule has 4 amide bonds. The van der Waals surface area contributed by atoms with Gasteiger partial charge in [0.1, 0.15) is 0 Å². The summed E-state index contributed by atoms with van der Waals surface area (Å²) in [7, 11) is 0. The van der Waals surface area contributed by atoms with Crippen LogP contribution < -0.4 is 0 Å². The highest BCUT2D eigenvalue weighted by molar-refractivity contribution is 6.09. The van der Waals surface area contributed by atoms with Gasteiger partial charge in [-0.2, -0.15) is 0 Å². The van der Waals surface area contributed by atoms with Gasteiger partial charge in [-0.05, 0) is 49.9 Å². The summed E-state index contributed by atoms with van der Waals surface area (Å²) in [6.45, 7) is 14.1. The van der Waals surface area contributed by atoms with Gasteiger partial charge >= 0.3 is 0 Å². The summed E-state index contributed by atoms with van der Waals surface area (Å²) in [6, 6.07) is 0. The maximum atomic E-state index is 13.4. The third-order valence-electron chi connectivity index (χ3n) is 9.59. The molecule has 2 saturated heterocycles. The summed E-state index contributed by atoms with van der Waals surface area (Å²) in [4.78, 5) is 60.9. The fourth-order valence-electron chi connectivity index (χ4n) is 7.73. The van der Waals surface area contributed by atoms with Crippen LogP contribution in [0.4, 0.5) is 0 Å². The van der Waals surface area contributed by atoms with Crippen LogP contribution in [0.25, 0.3) is 0 Å². The van der Waals surface area contributed by atoms with Gasteiger partial charge in [0, 0.05) is 26.2 Å². The van der Waals surface area contributed by atoms with Gasteiger partial charge < -0.3 is 9.80 Å². The number of allylic oxidation sites excluding steroid dienone is 2. The monoisotopic (exact) mass is 470 g/mol. The number of likely N-dealkylation sites (N-methyl/N-ethyl adjacent to an activating group) is 2. The molecule has 4 fully saturated rings. The summed E-state index contributed by atoms with van der Waals surface area (Å²) in [5.41, 5.74) is 0. The first-order valence-electron chi connectivity index (χ1n) is 13.2. The van der Waals surface area contributed by atoms with Crippen molar-refractivity contribution in [3.63, 3.8) is 0 Å². The number of hydrogen-bond acceptors (Lipinski definition) is 6. The van der Waals surface area contributed by atoms with Crippen molar-refractivity contribution in [1.29, 1.82) is 0 Å². The molecule has 0 aromatic rings. The molecule has 8 atom stereocenters. The van der Waals surface area contributed by atoms with Crippen LogP contribution >= 0.6 is 0 Å². The Kier molecular flexibility index (Phi) is 6.17. The van der Waals surface area contributed by atoms with E-state index in [1.807, 2.05) is 0 Å². The molecular formula is C26H38N4O4. The fourth-order valence-corrected chi connectivity index (χ4v) is 7.73. The van der Waals surface area contributed by atoms with Crippen LogP contribution in [0.15, 0.2) is 12.2 Å². The van der Waals surface area contributed by atoms with Crippen molar-refractivity contribution in [1.82, 2.24) is 19.6 Å². The van der Waals surface area contributed by atoms with E-state index in [1.165, 1.54) is 9.80 Å². The molecule has 186 valence electrons. The number of nitrogens with zero attached hydrogens (tertiary/aromatic N) is 4. The lowest BCUT2D eigenvalue weighted by molar-refractivity contribution is -0.166. The van der Waals surface area contributed by atoms with Gasteiger partial charge in [0.25, 0.3) is 0 Å². The largest absolute Gasteiger partial charge is 0.302 e. The highest BCUT2D eigenvalue weighted by Gasteiger charge is 2.74. The van der Waals surface area contributed by atoms with Gasteiger partial charge in [-0.1, -0.05) is 39.8 Å². The van der Waals surface area contributed by atoms with Crippen molar-refractivity contribution >= 4 is 23.6 Å². The van der Waals surface area contributed by atoms with Crippen molar-refractivity contribution in [2.24, 2.45) is 47.3 Å². The van der Waals surface area contributed by atoms with E-state index in [-0.39, 0.29) is 71.0 Å². The highest BCUT2D eigenvalue weighted by Crippen LogP contribution is 2.68. The summed E-state index contributed by atoms with van der Waals surface area (Å²) in [5, 5.41) is 0. The lowest BCUT2D eigenvalue weighted by Gasteiger charge is -2.60. The minimum absolute atomic E-state index is 0.00985. The Labute approximate surface area is 202 Å². The smallest absolute Gasteiger partial charge is 0.233 e. The van der Waals surface area contributed by atoms with Gasteiger partial charge in [-0.15, -0.1) is 0 Å². The van der Waals surface area contributed by atoms with E-state index in [2.05, 4.69) is 49.6 Å². The first-order chi connectivity index (χ1) is 16.4. The average Bonchev–Trinajstić information content (AvgIpc) is 3.20. The number of fused-ring (bicyclic) bond motifs is 1. The second kappa shape index (κ2) is 8.86. The summed E-state index contributed by atoms with van der Waals surface area (Å²) in [6.07, 6.45) is 4.16. The van der Waals surface area contributed by atoms with Crippen molar-refractivity contribution < 1.29 is 19.2 Å². The zero-order valence-electron chi connectivity index (χ0n) is 20.9. The topological polar surface area (TPSA) is 81.2 Å². The summed E-state index contributed by atoms with van der Waals surface area (Å²) >= 11 is 0. The quantitative estimate of drug-likeness (QED) is 0.349. The molecule has 0 radical (unpaired) electrons. The Hall–Kier alpha value is -2.06. The van der Waals surface area contributed by atoms with E-state index in [0.717, 1.165) is 26.2 Å². The Balaban J connectivity index is 1.34. The van der Waals surface area contributed by atoms with E-state index in [0.29, 0.717) is 26.2 Å². The molecule has 6 aliphatic rings. The second-order valence-electron chi connectivity index (χ2n) is 10.5. The molecule has 4 aliphatic carbocycles. The van der Waals surface area contributed by atoms with E-state index in [9.17, 15) is 19.2 Å². The molecule has 2 aliphatic heterocycles. The van der Waals surface area contributed by atoms with E-state index in [1.54, 1.807) is 0 Å². The van der Waals surface area contributed by atoms with Gasteiger partial charge in [-0.25, -0.2) is 0 Å². The number of hydrogen-bond donors (Lipinski definition) is 0. The molecule has 0 aromatic heterocycles. The number of imide groups is 2. The molecule has 2 bridgehead atoms. The van der Waals surface area contributed by atoms with Crippen LogP contribution in [-0.2, 0) is 19.2 Å². The first-order valence-corrected chi connectivity index (χ1v) is 13.2. The SMILES string of the molecule is CCN(CC)CCN1C(=O)[C@@H]2[C@@H]3C=C[C@@H]([C@@H]2C1=O)[C@H]1[C@H]2C(=O)N(CCN(CC)CC)C(=O)[C@@H]2[C@H]31. The van der Waals surface area contributed by atoms with Gasteiger partial charge in [0.15, 0.2) is 0 Å². The lowest BCUT2D eigenvalue weighted by Crippen LogP contribution is -2.63. The molecule has 8 heteroatoms. The van der Waals surface area contributed by atoms with Crippen molar-refractivity contribution in [3.05, 3.63) is 12.2 Å². The number of rotatable bonds is 10. The highest BCUT2D eigenvalue weighted by atomic mass is 16.2. The average molecular weight is 471 g/mol. The predicted octanol–water partition coefficient (Wildman–Crippen LogP) is 0.934. The molecule has 0 spiro atoms. The predicted molar refractivity (Wildman–Crippen MR) is 126 cm³/mol. The fraction of sp³-hybridized carbons (Fsp3) is 0.769. The van der Waals surface area contributed by atoms with Crippen molar-refractivity contribution in [3.8, 4) is 0 Å².